The monoisotopic (exact) mass is 299 g/mol. The van der Waals surface area contributed by atoms with Gasteiger partial charge in [-0.25, -0.2) is 0 Å². The Kier molecular flexibility index (Phi) is 7.14. The van der Waals surface area contributed by atoms with E-state index in [-0.39, 0.29) is 5.97 Å². The number of esters is 1. The van der Waals surface area contributed by atoms with Crippen molar-refractivity contribution in [3.05, 3.63) is 0 Å². The molecule has 1 aliphatic rings. The maximum atomic E-state index is 12.1. The molecule has 1 aliphatic carbocycles. The van der Waals surface area contributed by atoms with Crippen LogP contribution in [0.1, 0.15) is 66.7 Å². The van der Waals surface area contributed by atoms with Crippen molar-refractivity contribution >= 4 is 5.97 Å². The average Bonchev–Trinajstić information content (AvgIpc) is 2.41. The van der Waals surface area contributed by atoms with E-state index in [1.807, 2.05) is 20.8 Å². The Morgan fingerprint density at radius 1 is 1.29 bits per heavy atom. The Labute approximate surface area is 130 Å². The van der Waals surface area contributed by atoms with Crippen LogP contribution in [0.5, 0.6) is 0 Å². The summed E-state index contributed by atoms with van der Waals surface area (Å²) in [4.78, 5) is 12.1. The number of carbonyl (C=O) groups is 1. The first kappa shape index (κ1) is 18.4. The molecule has 1 rings (SSSR count). The van der Waals surface area contributed by atoms with Gasteiger partial charge >= 0.3 is 5.97 Å². The van der Waals surface area contributed by atoms with Crippen molar-refractivity contribution in [2.24, 2.45) is 5.41 Å². The summed E-state index contributed by atoms with van der Waals surface area (Å²) < 4.78 is 11.2. The molecule has 0 bridgehead atoms. The van der Waals surface area contributed by atoms with Crippen LogP contribution in [-0.2, 0) is 14.3 Å². The van der Waals surface area contributed by atoms with E-state index < -0.39 is 5.54 Å². The van der Waals surface area contributed by atoms with Crippen molar-refractivity contribution in [2.75, 3.05) is 19.8 Å². The second kappa shape index (κ2) is 8.14. The number of hydrogen-bond acceptors (Lipinski definition) is 4. The lowest BCUT2D eigenvalue weighted by Crippen LogP contribution is -2.51. The van der Waals surface area contributed by atoms with E-state index in [0.29, 0.717) is 31.2 Å². The van der Waals surface area contributed by atoms with Gasteiger partial charge in [-0.15, -0.1) is 0 Å². The number of likely N-dealkylation sites (N-methyl/N-ethyl adjacent to an activating group) is 1. The van der Waals surface area contributed by atoms with Crippen LogP contribution < -0.4 is 5.32 Å². The second-order valence-electron chi connectivity index (χ2n) is 7.07. The van der Waals surface area contributed by atoms with Crippen molar-refractivity contribution in [2.45, 2.75) is 78.4 Å². The lowest BCUT2D eigenvalue weighted by atomic mass is 9.76. The highest BCUT2D eigenvalue weighted by Gasteiger charge is 2.34. The zero-order valence-electron chi connectivity index (χ0n) is 14.5. The van der Waals surface area contributed by atoms with Crippen LogP contribution >= 0.6 is 0 Å². The first-order valence-corrected chi connectivity index (χ1v) is 8.37. The van der Waals surface area contributed by atoms with Gasteiger partial charge in [-0.1, -0.05) is 20.8 Å². The minimum Gasteiger partial charge on any atom is -0.465 e. The molecule has 0 aliphatic heterocycles. The summed E-state index contributed by atoms with van der Waals surface area (Å²) in [6.07, 6.45) is 5.71. The van der Waals surface area contributed by atoms with Gasteiger partial charge < -0.3 is 14.8 Å². The lowest BCUT2D eigenvalue weighted by molar-refractivity contribution is -0.151. The Balaban J connectivity index is 2.38. The fraction of sp³-hybridized carbons (Fsp3) is 0.941. The summed E-state index contributed by atoms with van der Waals surface area (Å²) in [5, 5.41) is 3.24. The molecule has 1 unspecified atom stereocenters. The molecule has 21 heavy (non-hydrogen) atoms. The highest BCUT2D eigenvalue weighted by atomic mass is 16.5. The normalized spacial score (nSPS) is 21.8. The Morgan fingerprint density at radius 3 is 2.43 bits per heavy atom. The van der Waals surface area contributed by atoms with Crippen molar-refractivity contribution in [1.29, 1.82) is 0 Å². The van der Waals surface area contributed by atoms with Crippen molar-refractivity contribution in [3.8, 4) is 0 Å². The fourth-order valence-electron chi connectivity index (χ4n) is 2.91. The Hall–Kier alpha value is -0.610. The van der Waals surface area contributed by atoms with E-state index in [0.717, 1.165) is 19.4 Å². The molecule has 0 aromatic carbocycles. The highest BCUT2D eigenvalue weighted by molar-refractivity contribution is 5.80. The number of ether oxygens (including phenoxy) is 2. The molecule has 1 fully saturated rings. The fourth-order valence-corrected chi connectivity index (χ4v) is 2.91. The second-order valence-corrected chi connectivity index (χ2v) is 7.07. The molecule has 0 aromatic heterocycles. The van der Waals surface area contributed by atoms with E-state index in [2.05, 4.69) is 19.2 Å². The zero-order valence-corrected chi connectivity index (χ0v) is 14.5. The van der Waals surface area contributed by atoms with E-state index in [1.54, 1.807) is 0 Å². The topological polar surface area (TPSA) is 47.6 Å². The highest BCUT2D eigenvalue weighted by Crippen LogP contribution is 2.36. The molecule has 1 saturated carbocycles. The molecular weight excluding hydrogens is 266 g/mol. The third-order valence-corrected chi connectivity index (χ3v) is 4.53. The summed E-state index contributed by atoms with van der Waals surface area (Å²) >= 11 is 0. The molecule has 124 valence electrons. The summed E-state index contributed by atoms with van der Waals surface area (Å²) in [5.41, 5.74) is -0.179. The van der Waals surface area contributed by atoms with Gasteiger partial charge in [-0.2, -0.15) is 0 Å². The van der Waals surface area contributed by atoms with Crippen LogP contribution in [0.4, 0.5) is 0 Å². The van der Waals surface area contributed by atoms with E-state index in [9.17, 15) is 4.79 Å². The SMILES string of the molecule is CCNC(C)(CCOC1CCC(C)(C)CC1)C(=O)OCC. The maximum Gasteiger partial charge on any atom is 0.326 e. The Bertz CT molecular complexity index is 320. The minimum absolute atomic E-state index is 0.180. The minimum atomic E-state index is -0.640. The van der Waals surface area contributed by atoms with Gasteiger partial charge in [-0.3, -0.25) is 4.79 Å². The van der Waals surface area contributed by atoms with Gasteiger partial charge in [-0.05, 0) is 57.9 Å². The molecule has 1 N–H and O–H groups in total. The third kappa shape index (κ3) is 5.95. The first-order chi connectivity index (χ1) is 9.83. The quantitative estimate of drug-likeness (QED) is 0.699. The number of rotatable bonds is 8. The summed E-state index contributed by atoms with van der Waals surface area (Å²) in [6, 6.07) is 0. The van der Waals surface area contributed by atoms with Crippen LogP contribution in [0.25, 0.3) is 0 Å². The van der Waals surface area contributed by atoms with Gasteiger partial charge in [0.1, 0.15) is 5.54 Å². The first-order valence-electron chi connectivity index (χ1n) is 8.37. The average molecular weight is 299 g/mol. The van der Waals surface area contributed by atoms with Crippen molar-refractivity contribution in [1.82, 2.24) is 5.32 Å². The molecule has 1 atom stereocenters. The summed E-state index contributed by atoms with van der Waals surface area (Å²) in [6.45, 7) is 12.2. The van der Waals surface area contributed by atoms with Gasteiger partial charge in [0.25, 0.3) is 0 Å². The number of carbonyl (C=O) groups excluding carboxylic acids is 1. The molecule has 0 heterocycles. The van der Waals surface area contributed by atoms with Crippen molar-refractivity contribution < 1.29 is 14.3 Å². The zero-order chi connectivity index (χ0) is 15.9. The van der Waals surface area contributed by atoms with E-state index in [4.69, 9.17) is 9.47 Å². The van der Waals surface area contributed by atoms with Gasteiger partial charge in [0, 0.05) is 6.61 Å². The summed E-state index contributed by atoms with van der Waals surface area (Å²) in [7, 11) is 0. The largest absolute Gasteiger partial charge is 0.465 e. The molecule has 4 heteroatoms. The van der Waals surface area contributed by atoms with Gasteiger partial charge in [0.05, 0.1) is 12.7 Å². The Morgan fingerprint density at radius 2 is 1.90 bits per heavy atom. The third-order valence-electron chi connectivity index (χ3n) is 4.53. The molecule has 0 aromatic rings. The van der Waals surface area contributed by atoms with Gasteiger partial charge in [0.15, 0.2) is 0 Å². The molecule has 0 saturated heterocycles. The summed E-state index contributed by atoms with van der Waals surface area (Å²) in [5.74, 6) is -0.180. The van der Waals surface area contributed by atoms with Crippen LogP contribution in [0.3, 0.4) is 0 Å². The van der Waals surface area contributed by atoms with Crippen LogP contribution in [0.2, 0.25) is 0 Å². The standard InChI is InChI=1S/C17H33NO3/c1-6-18-17(5,15(19)20-7-2)12-13-21-14-8-10-16(3,4)11-9-14/h14,18H,6-13H2,1-5H3. The van der Waals surface area contributed by atoms with Crippen LogP contribution in [0.15, 0.2) is 0 Å². The predicted molar refractivity (Wildman–Crippen MR) is 85.3 cm³/mol. The van der Waals surface area contributed by atoms with Crippen LogP contribution in [0, 0.1) is 5.41 Å². The van der Waals surface area contributed by atoms with Gasteiger partial charge in [0.2, 0.25) is 0 Å². The molecular formula is C17H33NO3. The van der Waals surface area contributed by atoms with Crippen LogP contribution in [-0.4, -0.2) is 37.4 Å². The number of nitrogens with one attached hydrogen (secondary N) is 1. The number of hydrogen-bond donors (Lipinski definition) is 1. The smallest absolute Gasteiger partial charge is 0.326 e. The molecule has 4 nitrogen and oxygen atoms in total. The predicted octanol–water partition coefficient (Wildman–Crippen LogP) is 3.29. The van der Waals surface area contributed by atoms with Crippen molar-refractivity contribution in [3.63, 3.8) is 0 Å². The van der Waals surface area contributed by atoms with E-state index >= 15 is 0 Å². The molecule has 0 radical (unpaired) electrons. The van der Waals surface area contributed by atoms with E-state index in [1.165, 1.54) is 12.8 Å². The lowest BCUT2D eigenvalue weighted by Gasteiger charge is -2.35. The molecule has 0 amide bonds. The maximum absolute atomic E-state index is 12.1. The molecule has 0 spiro atoms.